The van der Waals surface area contributed by atoms with Crippen LogP contribution >= 0.6 is 0 Å². The average Bonchev–Trinajstić information content (AvgIpc) is 3.35. The minimum absolute atomic E-state index is 0. The van der Waals surface area contributed by atoms with Crippen LogP contribution in [0.1, 0.15) is 11.5 Å². The minimum atomic E-state index is 0. The summed E-state index contributed by atoms with van der Waals surface area (Å²) < 4.78 is 0. The third-order valence-electron chi connectivity index (χ3n) is 3.52. The Morgan fingerprint density at radius 2 is 1.54 bits per heavy atom. The molecule has 2 aliphatic carbocycles. The Kier molecular flexibility index (Phi) is 11.7. The maximum atomic E-state index is 4.10. The van der Waals surface area contributed by atoms with Crippen LogP contribution in [-0.4, -0.2) is 13.1 Å². The van der Waals surface area contributed by atoms with Crippen LogP contribution in [0.25, 0.3) is 0 Å². The van der Waals surface area contributed by atoms with Gasteiger partial charge in [-0.2, -0.15) is 23.8 Å². The summed E-state index contributed by atoms with van der Waals surface area (Å²) in [4.78, 5) is 2.29. The van der Waals surface area contributed by atoms with E-state index in [1.807, 2.05) is 82.4 Å². The smallest absolute Gasteiger partial charge is 0.422 e. The number of fused-ring (bicyclic) bond motifs is 1. The van der Waals surface area contributed by atoms with Crippen molar-refractivity contribution in [2.24, 2.45) is 0 Å². The fourth-order valence-electron chi connectivity index (χ4n) is 2.47. The van der Waals surface area contributed by atoms with E-state index in [0.29, 0.717) is 5.92 Å². The van der Waals surface area contributed by atoms with Crippen molar-refractivity contribution >= 4 is 5.69 Å². The van der Waals surface area contributed by atoms with Gasteiger partial charge in [-0.1, -0.05) is 11.8 Å². The van der Waals surface area contributed by atoms with Crippen LogP contribution in [0, 0.1) is 77.2 Å². The number of hydrogen-bond acceptors (Lipinski definition) is 1. The molecule has 1 aliphatic heterocycles. The normalized spacial score (nSPS) is 20.9. The SMILES string of the molecule is C=CCN1CC([CH2-])c2[c-]cccc21.[CH]1[CH][CH][CH][CH]1.[CH]1[CH][CH][CH][CH]1.[Zr+2]. The quantitative estimate of drug-likeness (QED) is 0.531. The zero-order valence-corrected chi connectivity index (χ0v) is 16.4. The second kappa shape index (κ2) is 12.9. The van der Waals surface area contributed by atoms with E-state index in [1.165, 1.54) is 11.3 Å². The summed E-state index contributed by atoms with van der Waals surface area (Å²) in [7, 11) is 0. The van der Waals surface area contributed by atoms with E-state index < -0.39 is 0 Å². The Morgan fingerprint density at radius 1 is 1.04 bits per heavy atom. The molecule has 0 N–H and O–H groups in total. The molecule has 0 spiro atoms. The van der Waals surface area contributed by atoms with Gasteiger partial charge in [-0.05, 0) is 70.8 Å². The fraction of sp³-hybridized carbons (Fsp3) is 0.136. The molecule has 1 nitrogen and oxygen atoms in total. The number of hydrogen-bond donors (Lipinski definition) is 0. The first-order valence-corrected chi connectivity index (χ1v) is 7.86. The predicted molar refractivity (Wildman–Crippen MR) is 98.8 cm³/mol. The van der Waals surface area contributed by atoms with Crippen molar-refractivity contribution < 1.29 is 26.2 Å². The summed E-state index contributed by atoms with van der Waals surface area (Å²) in [6.45, 7) is 9.74. The molecule has 24 heavy (non-hydrogen) atoms. The molecule has 0 saturated heterocycles. The van der Waals surface area contributed by atoms with Crippen molar-refractivity contribution in [3.63, 3.8) is 0 Å². The van der Waals surface area contributed by atoms with Gasteiger partial charge in [0.05, 0.1) is 0 Å². The Balaban J connectivity index is 0.000000216. The van der Waals surface area contributed by atoms with Crippen LogP contribution in [-0.2, 0) is 26.2 Å². The molecule has 1 aromatic carbocycles. The monoisotopic (exact) mass is 391 g/mol. The van der Waals surface area contributed by atoms with Gasteiger partial charge in [-0.15, -0.1) is 18.6 Å². The summed E-state index contributed by atoms with van der Waals surface area (Å²) in [5.74, 6) is 0.358. The molecule has 1 atom stereocenters. The van der Waals surface area contributed by atoms with Gasteiger partial charge in [0.15, 0.2) is 0 Å². The van der Waals surface area contributed by atoms with Gasteiger partial charge in [0, 0.05) is 6.54 Å². The van der Waals surface area contributed by atoms with E-state index in [1.54, 1.807) is 0 Å². The van der Waals surface area contributed by atoms with Crippen LogP contribution in [0.4, 0.5) is 5.69 Å². The fourth-order valence-corrected chi connectivity index (χ4v) is 2.47. The maximum absolute atomic E-state index is 4.10. The van der Waals surface area contributed by atoms with E-state index in [2.05, 4.69) is 30.5 Å². The summed E-state index contributed by atoms with van der Waals surface area (Å²) in [6, 6.07) is 9.35. The summed E-state index contributed by atoms with van der Waals surface area (Å²) in [5.41, 5.74) is 2.51. The van der Waals surface area contributed by atoms with E-state index in [9.17, 15) is 0 Å². The molecule has 120 valence electrons. The Hall–Kier alpha value is -0.357. The van der Waals surface area contributed by atoms with Gasteiger partial charge in [0.2, 0.25) is 0 Å². The molecule has 1 aromatic rings. The topological polar surface area (TPSA) is 3.24 Å². The molecule has 1 unspecified atom stereocenters. The van der Waals surface area contributed by atoms with Crippen molar-refractivity contribution in [2.75, 3.05) is 18.0 Å². The number of anilines is 1. The molecule has 3 aliphatic rings. The molecule has 4 rings (SSSR count). The number of benzene rings is 1. The first kappa shape index (κ1) is 21.7. The Labute approximate surface area is 169 Å². The van der Waals surface area contributed by atoms with E-state index in [-0.39, 0.29) is 26.2 Å². The Morgan fingerprint density at radius 3 is 2.00 bits per heavy atom. The molecule has 10 radical (unpaired) electrons. The second-order valence-electron chi connectivity index (χ2n) is 5.28. The molecule has 2 heteroatoms. The zero-order valence-electron chi connectivity index (χ0n) is 13.9. The largest absolute Gasteiger partial charge is 2.00 e. The molecule has 1 heterocycles. The molecular weight excluding hydrogens is 369 g/mol. The van der Waals surface area contributed by atoms with Gasteiger partial charge in [0.1, 0.15) is 0 Å². The maximum Gasteiger partial charge on any atom is 2.00 e. The van der Waals surface area contributed by atoms with Crippen molar-refractivity contribution in [1.29, 1.82) is 0 Å². The van der Waals surface area contributed by atoms with Gasteiger partial charge in [0.25, 0.3) is 0 Å². The van der Waals surface area contributed by atoms with Gasteiger partial charge in [-0.25, -0.2) is 0 Å². The van der Waals surface area contributed by atoms with Crippen LogP contribution in [0.5, 0.6) is 0 Å². The predicted octanol–water partition coefficient (Wildman–Crippen LogP) is 4.45. The minimum Gasteiger partial charge on any atom is -0.422 e. The summed E-state index contributed by atoms with van der Waals surface area (Å²) in [5, 5.41) is 0. The van der Waals surface area contributed by atoms with Crippen molar-refractivity contribution in [3.8, 4) is 0 Å². The van der Waals surface area contributed by atoms with E-state index >= 15 is 0 Å². The molecule has 0 aromatic heterocycles. The number of rotatable bonds is 2. The van der Waals surface area contributed by atoms with Crippen molar-refractivity contribution in [1.82, 2.24) is 0 Å². The molecule has 0 bridgehead atoms. The van der Waals surface area contributed by atoms with Crippen molar-refractivity contribution in [2.45, 2.75) is 5.92 Å². The standard InChI is InChI=1S/C12H13N.2C5H5.Zr/c1-3-8-13-9-10(2)11-6-4-5-7-12(11)13;2*1-2-4-5-3-1;/h3-5,7,10H,1-2,8-9H2;2*1-5H;/q-2;;;+2. The van der Waals surface area contributed by atoms with E-state index in [0.717, 1.165) is 13.1 Å². The number of nitrogens with zero attached hydrogens (tertiary/aromatic N) is 1. The van der Waals surface area contributed by atoms with E-state index in [4.69, 9.17) is 0 Å². The van der Waals surface area contributed by atoms with Gasteiger partial charge >= 0.3 is 26.2 Å². The summed E-state index contributed by atoms with van der Waals surface area (Å²) in [6.07, 6.45) is 21.9. The van der Waals surface area contributed by atoms with Gasteiger partial charge < -0.3 is 11.8 Å². The molecule has 2 fully saturated rings. The zero-order chi connectivity index (χ0) is 16.3. The molecular formula is C22H23NZr. The molecule has 0 amide bonds. The first-order chi connectivity index (χ1) is 11.3. The van der Waals surface area contributed by atoms with Crippen LogP contribution in [0.15, 0.2) is 30.9 Å². The van der Waals surface area contributed by atoms with Crippen LogP contribution in [0.2, 0.25) is 0 Å². The third-order valence-corrected chi connectivity index (χ3v) is 3.52. The third kappa shape index (κ3) is 7.26. The van der Waals surface area contributed by atoms with Gasteiger partial charge in [-0.3, -0.25) is 0 Å². The second-order valence-corrected chi connectivity index (χ2v) is 5.28. The average molecular weight is 393 g/mol. The van der Waals surface area contributed by atoms with Crippen molar-refractivity contribution in [3.05, 3.63) is 114 Å². The van der Waals surface area contributed by atoms with Crippen LogP contribution in [0.3, 0.4) is 0 Å². The summed E-state index contributed by atoms with van der Waals surface area (Å²) >= 11 is 0. The Bertz CT molecular complexity index is 424. The van der Waals surface area contributed by atoms with Crippen LogP contribution < -0.4 is 4.90 Å². The first-order valence-electron chi connectivity index (χ1n) is 7.86. The molecule has 2 saturated carbocycles.